The number of benzene rings is 1. The van der Waals surface area contributed by atoms with Crippen molar-refractivity contribution in [1.82, 2.24) is 10.3 Å². The van der Waals surface area contributed by atoms with E-state index in [1.54, 1.807) is 17.5 Å². The second-order valence-electron chi connectivity index (χ2n) is 4.30. The third-order valence-corrected chi connectivity index (χ3v) is 3.46. The van der Waals surface area contributed by atoms with E-state index in [0.717, 1.165) is 13.0 Å². The van der Waals surface area contributed by atoms with Gasteiger partial charge < -0.3 is 10.6 Å². The first-order valence-corrected chi connectivity index (χ1v) is 7.23. The van der Waals surface area contributed by atoms with Gasteiger partial charge in [0.15, 0.2) is 5.13 Å². The number of hydrogen-bond donors (Lipinski definition) is 2. The molecular formula is C14H17ClFN3OS. The Morgan fingerprint density at radius 2 is 2.24 bits per heavy atom. The zero-order valence-electron chi connectivity index (χ0n) is 11.6. The Bertz CT molecular complexity index is 591. The number of rotatable bonds is 6. The lowest BCUT2D eigenvalue weighted by atomic mass is 10.2. The van der Waals surface area contributed by atoms with Crippen LogP contribution in [0.1, 0.15) is 12.8 Å². The highest BCUT2D eigenvalue weighted by Gasteiger charge is 2.08. The monoisotopic (exact) mass is 329 g/mol. The minimum atomic E-state index is -0.298. The molecule has 2 aromatic rings. The number of carbonyl (C=O) groups is 1. The van der Waals surface area contributed by atoms with Gasteiger partial charge in [0.1, 0.15) is 5.82 Å². The molecule has 0 atom stereocenters. The Labute approximate surface area is 133 Å². The maximum Gasteiger partial charge on any atom is 0.226 e. The second-order valence-corrected chi connectivity index (χ2v) is 5.16. The summed E-state index contributed by atoms with van der Waals surface area (Å²) in [5.41, 5.74) is 1.37. The summed E-state index contributed by atoms with van der Waals surface area (Å²) in [6.45, 7) is 0.805. The zero-order chi connectivity index (χ0) is 14.4. The van der Waals surface area contributed by atoms with Crippen molar-refractivity contribution >= 4 is 34.8 Å². The van der Waals surface area contributed by atoms with Crippen molar-refractivity contribution in [3.63, 3.8) is 0 Å². The van der Waals surface area contributed by atoms with Crippen molar-refractivity contribution in [3.8, 4) is 11.3 Å². The summed E-state index contributed by atoms with van der Waals surface area (Å²) in [6.07, 6.45) is 1.24. The molecule has 0 radical (unpaired) electrons. The molecule has 0 fully saturated rings. The molecule has 1 aromatic carbocycles. The van der Waals surface area contributed by atoms with Crippen LogP contribution < -0.4 is 10.6 Å². The number of halogens is 2. The second kappa shape index (κ2) is 8.71. The van der Waals surface area contributed by atoms with Crippen LogP contribution in [0.25, 0.3) is 11.3 Å². The van der Waals surface area contributed by atoms with Crippen LogP contribution in [0, 0.1) is 5.82 Å². The molecule has 2 rings (SSSR count). The van der Waals surface area contributed by atoms with E-state index in [4.69, 9.17) is 0 Å². The molecule has 0 aliphatic rings. The molecule has 0 saturated heterocycles. The van der Waals surface area contributed by atoms with Gasteiger partial charge in [0.05, 0.1) is 5.69 Å². The van der Waals surface area contributed by atoms with E-state index < -0.39 is 0 Å². The highest BCUT2D eigenvalue weighted by atomic mass is 35.5. The lowest BCUT2D eigenvalue weighted by Gasteiger charge is -2.01. The first-order valence-electron chi connectivity index (χ1n) is 6.35. The van der Waals surface area contributed by atoms with Crippen LogP contribution in [0.15, 0.2) is 29.6 Å². The molecule has 0 aliphatic carbocycles. The van der Waals surface area contributed by atoms with Crippen LogP contribution in [0.5, 0.6) is 0 Å². The summed E-state index contributed by atoms with van der Waals surface area (Å²) >= 11 is 1.34. The smallest absolute Gasteiger partial charge is 0.226 e. The molecule has 0 unspecified atom stereocenters. The fraction of sp³-hybridized carbons (Fsp3) is 0.286. The normalized spacial score (nSPS) is 10.0. The van der Waals surface area contributed by atoms with Crippen LogP contribution >= 0.6 is 23.7 Å². The molecule has 0 aliphatic heterocycles. The third kappa shape index (κ3) is 5.41. The van der Waals surface area contributed by atoms with E-state index in [1.165, 1.54) is 23.5 Å². The van der Waals surface area contributed by atoms with Crippen LogP contribution in [-0.4, -0.2) is 24.5 Å². The maximum atomic E-state index is 13.1. The topological polar surface area (TPSA) is 54.0 Å². The van der Waals surface area contributed by atoms with E-state index in [2.05, 4.69) is 15.6 Å². The Morgan fingerprint density at radius 1 is 1.43 bits per heavy atom. The highest BCUT2D eigenvalue weighted by molar-refractivity contribution is 7.14. The van der Waals surface area contributed by atoms with E-state index >= 15 is 0 Å². The number of nitrogens with one attached hydrogen (secondary N) is 2. The first-order chi connectivity index (χ1) is 9.69. The number of thiazole rings is 1. The minimum Gasteiger partial charge on any atom is -0.320 e. The Hall–Kier alpha value is -1.50. The van der Waals surface area contributed by atoms with Gasteiger partial charge in [-0.2, -0.15) is 0 Å². The molecule has 21 heavy (non-hydrogen) atoms. The van der Waals surface area contributed by atoms with Gasteiger partial charge in [-0.05, 0) is 32.1 Å². The van der Waals surface area contributed by atoms with Crippen LogP contribution in [0.2, 0.25) is 0 Å². The lowest BCUT2D eigenvalue weighted by Crippen LogP contribution is -2.15. The number of nitrogens with zero attached hydrogens (tertiary/aromatic N) is 1. The SMILES string of the molecule is CNCCCC(=O)Nc1nc(-c2cccc(F)c2)cs1.Cl. The molecule has 4 nitrogen and oxygen atoms in total. The molecule has 1 amide bonds. The summed E-state index contributed by atoms with van der Waals surface area (Å²) < 4.78 is 13.1. The Kier molecular flexibility index (Phi) is 7.28. The van der Waals surface area contributed by atoms with Crippen molar-refractivity contribution < 1.29 is 9.18 Å². The fourth-order valence-electron chi connectivity index (χ4n) is 1.72. The minimum absolute atomic E-state index is 0. The van der Waals surface area contributed by atoms with Crippen molar-refractivity contribution in [2.75, 3.05) is 18.9 Å². The van der Waals surface area contributed by atoms with E-state index in [0.29, 0.717) is 22.8 Å². The van der Waals surface area contributed by atoms with E-state index in [-0.39, 0.29) is 24.1 Å². The quantitative estimate of drug-likeness (QED) is 0.799. The van der Waals surface area contributed by atoms with Gasteiger partial charge in [-0.25, -0.2) is 9.37 Å². The zero-order valence-corrected chi connectivity index (χ0v) is 13.2. The first kappa shape index (κ1) is 17.6. The highest BCUT2D eigenvalue weighted by Crippen LogP contribution is 2.25. The van der Waals surface area contributed by atoms with Gasteiger partial charge in [0.25, 0.3) is 0 Å². The molecule has 0 bridgehead atoms. The van der Waals surface area contributed by atoms with Gasteiger partial charge in [0.2, 0.25) is 5.91 Å². The van der Waals surface area contributed by atoms with Crippen LogP contribution in [-0.2, 0) is 4.79 Å². The molecule has 7 heteroatoms. The molecule has 114 valence electrons. The molecular weight excluding hydrogens is 313 g/mol. The van der Waals surface area contributed by atoms with Crippen LogP contribution in [0.4, 0.5) is 9.52 Å². The fourth-order valence-corrected chi connectivity index (χ4v) is 2.45. The maximum absolute atomic E-state index is 13.1. The molecule has 0 saturated carbocycles. The van der Waals surface area contributed by atoms with Gasteiger partial charge in [-0.1, -0.05) is 12.1 Å². The van der Waals surface area contributed by atoms with E-state index in [9.17, 15) is 9.18 Å². The van der Waals surface area contributed by atoms with Crippen molar-refractivity contribution in [3.05, 3.63) is 35.5 Å². The number of aromatic nitrogens is 1. The van der Waals surface area contributed by atoms with Gasteiger partial charge in [-0.3, -0.25) is 4.79 Å². The molecule has 0 spiro atoms. The molecule has 1 heterocycles. The standard InChI is InChI=1S/C14H16FN3OS.ClH/c1-16-7-3-6-13(19)18-14-17-12(9-20-14)10-4-2-5-11(15)8-10;/h2,4-5,8-9,16H,3,6-7H2,1H3,(H,17,18,19);1H. The van der Waals surface area contributed by atoms with Crippen molar-refractivity contribution in [2.24, 2.45) is 0 Å². The lowest BCUT2D eigenvalue weighted by molar-refractivity contribution is -0.116. The average Bonchev–Trinajstić information content (AvgIpc) is 2.87. The summed E-state index contributed by atoms with van der Waals surface area (Å²) in [5.74, 6) is -0.353. The summed E-state index contributed by atoms with van der Waals surface area (Å²) in [5, 5.41) is 8.09. The summed E-state index contributed by atoms with van der Waals surface area (Å²) in [7, 11) is 1.85. The largest absolute Gasteiger partial charge is 0.320 e. The number of amides is 1. The number of anilines is 1. The number of hydrogen-bond acceptors (Lipinski definition) is 4. The van der Waals surface area contributed by atoms with Crippen LogP contribution in [0.3, 0.4) is 0 Å². The predicted molar refractivity (Wildman–Crippen MR) is 86.5 cm³/mol. The molecule has 1 aromatic heterocycles. The Morgan fingerprint density at radius 3 is 2.95 bits per heavy atom. The third-order valence-electron chi connectivity index (χ3n) is 2.70. The predicted octanol–water partition coefficient (Wildman–Crippen LogP) is 3.31. The summed E-state index contributed by atoms with van der Waals surface area (Å²) in [4.78, 5) is 15.9. The van der Waals surface area contributed by atoms with Gasteiger partial charge in [0, 0.05) is 17.4 Å². The molecule has 2 N–H and O–H groups in total. The van der Waals surface area contributed by atoms with Crippen molar-refractivity contribution in [1.29, 1.82) is 0 Å². The average molecular weight is 330 g/mol. The van der Waals surface area contributed by atoms with Gasteiger partial charge in [-0.15, -0.1) is 23.7 Å². The van der Waals surface area contributed by atoms with Gasteiger partial charge >= 0.3 is 0 Å². The summed E-state index contributed by atoms with van der Waals surface area (Å²) in [6, 6.07) is 6.24. The van der Waals surface area contributed by atoms with Crippen molar-refractivity contribution in [2.45, 2.75) is 12.8 Å². The Balaban J connectivity index is 0.00000220. The van der Waals surface area contributed by atoms with E-state index in [1.807, 2.05) is 7.05 Å². The number of carbonyl (C=O) groups excluding carboxylic acids is 1.